The molecule has 5 nitrogen and oxygen atoms in total. The number of rotatable bonds is 3. The Bertz CT molecular complexity index is 342. The van der Waals surface area contributed by atoms with Gasteiger partial charge in [-0.05, 0) is 0 Å². The van der Waals surface area contributed by atoms with Crippen molar-refractivity contribution in [1.82, 2.24) is 15.2 Å². The van der Waals surface area contributed by atoms with Crippen molar-refractivity contribution >= 4 is 17.2 Å². The van der Waals surface area contributed by atoms with Crippen LogP contribution in [0.25, 0.3) is 0 Å². The van der Waals surface area contributed by atoms with E-state index in [9.17, 15) is 4.79 Å². The number of nitrogens with zero attached hydrogens (tertiary/aromatic N) is 2. The van der Waals surface area contributed by atoms with E-state index in [0.717, 1.165) is 18.8 Å². The van der Waals surface area contributed by atoms with Crippen molar-refractivity contribution in [1.29, 1.82) is 0 Å². The summed E-state index contributed by atoms with van der Waals surface area (Å²) in [4.78, 5) is 17.9. The van der Waals surface area contributed by atoms with Gasteiger partial charge in [-0.25, -0.2) is 4.98 Å². The second-order valence-corrected chi connectivity index (χ2v) is 4.41. The highest BCUT2D eigenvalue weighted by Gasteiger charge is 2.25. The highest BCUT2D eigenvalue weighted by atomic mass is 32.1. The lowest BCUT2D eigenvalue weighted by molar-refractivity contribution is -0.138. The first-order valence-corrected chi connectivity index (χ1v) is 6.16. The van der Waals surface area contributed by atoms with Gasteiger partial charge in [-0.2, -0.15) is 0 Å². The fourth-order valence-electron chi connectivity index (χ4n) is 1.71. The van der Waals surface area contributed by atoms with Gasteiger partial charge >= 0.3 is 0 Å². The molecule has 0 saturated carbocycles. The van der Waals surface area contributed by atoms with Gasteiger partial charge in [-0.1, -0.05) is 0 Å². The highest BCUT2D eigenvalue weighted by Crippen LogP contribution is 2.10. The predicted octanol–water partition coefficient (Wildman–Crippen LogP) is 0.0899. The minimum Gasteiger partial charge on any atom is -0.366 e. The van der Waals surface area contributed by atoms with Crippen LogP contribution in [0.15, 0.2) is 10.9 Å². The van der Waals surface area contributed by atoms with E-state index in [1.807, 2.05) is 10.9 Å². The van der Waals surface area contributed by atoms with Crippen LogP contribution in [0.3, 0.4) is 0 Å². The van der Waals surface area contributed by atoms with E-state index < -0.39 is 0 Å². The average Bonchev–Trinajstić information content (AvgIpc) is 2.81. The average molecular weight is 241 g/mol. The van der Waals surface area contributed by atoms with Gasteiger partial charge in [0.2, 0.25) is 5.91 Å². The van der Waals surface area contributed by atoms with Gasteiger partial charge in [0.15, 0.2) is 0 Å². The first kappa shape index (κ1) is 11.5. The monoisotopic (exact) mass is 241 g/mol. The number of amides is 1. The van der Waals surface area contributed by atoms with Crippen molar-refractivity contribution in [3.05, 3.63) is 16.6 Å². The lowest BCUT2D eigenvalue weighted by atomic mass is 10.2. The molecule has 1 atom stereocenters. The number of carbonyl (C=O) groups is 1. The Morgan fingerprint density at radius 2 is 2.69 bits per heavy atom. The van der Waals surface area contributed by atoms with Crippen LogP contribution in [-0.4, -0.2) is 48.6 Å². The van der Waals surface area contributed by atoms with Gasteiger partial charge in [-0.15, -0.1) is 11.3 Å². The zero-order valence-electron chi connectivity index (χ0n) is 9.18. The molecule has 0 spiro atoms. The molecule has 1 aliphatic heterocycles. The summed E-state index contributed by atoms with van der Waals surface area (Å²) in [6.07, 6.45) is -0.350. The van der Waals surface area contributed by atoms with Crippen molar-refractivity contribution in [3.63, 3.8) is 0 Å². The quantitative estimate of drug-likeness (QED) is 0.815. The molecule has 1 aromatic heterocycles. The Labute approximate surface area is 98.4 Å². The maximum absolute atomic E-state index is 11.4. The molecule has 0 bridgehead atoms. The topological polar surface area (TPSA) is 54.5 Å². The van der Waals surface area contributed by atoms with E-state index in [1.54, 1.807) is 18.4 Å². The summed E-state index contributed by atoms with van der Waals surface area (Å²) in [5, 5.41) is 4.64. The van der Waals surface area contributed by atoms with E-state index in [2.05, 4.69) is 15.2 Å². The Morgan fingerprint density at radius 3 is 3.38 bits per heavy atom. The van der Waals surface area contributed by atoms with Crippen molar-refractivity contribution < 1.29 is 9.53 Å². The summed E-state index contributed by atoms with van der Waals surface area (Å²) >= 11 is 1.59. The SMILES string of the molecule is CNC(=O)C1CN(Cc2cscn2)CCO1. The molecular formula is C10H15N3O2S. The lowest BCUT2D eigenvalue weighted by Crippen LogP contribution is -2.48. The Morgan fingerprint density at radius 1 is 1.81 bits per heavy atom. The third-order valence-electron chi connectivity index (χ3n) is 2.56. The molecule has 0 aromatic carbocycles. The molecule has 1 aliphatic rings. The largest absolute Gasteiger partial charge is 0.366 e. The molecule has 6 heteroatoms. The fourth-order valence-corrected chi connectivity index (χ4v) is 2.26. The van der Waals surface area contributed by atoms with Crippen molar-refractivity contribution in [2.75, 3.05) is 26.7 Å². The summed E-state index contributed by atoms with van der Waals surface area (Å²) in [5.74, 6) is -0.0528. The maximum atomic E-state index is 11.4. The Hall–Kier alpha value is -0.980. The highest BCUT2D eigenvalue weighted by molar-refractivity contribution is 7.07. The number of hydrogen-bond acceptors (Lipinski definition) is 5. The second kappa shape index (κ2) is 5.38. The van der Waals surface area contributed by atoms with Gasteiger partial charge < -0.3 is 10.1 Å². The predicted molar refractivity (Wildman–Crippen MR) is 61.2 cm³/mol. The van der Waals surface area contributed by atoms with Crippen LogP contribution in [0.5, 0.6) is 0 Å². The smallest absolute Gasteiger partial charge is 0.250 e. The standard InChI is InChI=1S/C10H15N3O2S/c1-11-10(14)9-5-13(2-3-15-9)4-8-6-16-7-12-8/h6-7,9H,2-5H2,1H3,(H,11,14). The Kier molecular flexibility index (Phi) is 3.87. The Balaban J connectivity index is 1.89. The van der Waals surface area contributed by atoms with Gasteiger partial charge in [0.25, 0.3) is 0 Å². The molecule has 2 rings (SSSR count). The number of nitrogens with one attached hydrogen (secondary N) is 1. The van der Waals surface area contributed by atoms with Crippen LogP contribution in [-0.2, 0) is 16.1 Å². The summed E-state index contributed by atoms with van der Waals surface area (Å²) in [6, 6.07) is 0. The molecule has 1 saturated heterocycles. The number of likely N-dealkylation sites (N-methyl/N-ethyl adjacent to an activating group) is 1. The zero-order valence-corrected chi connectivity index (χ0v) is 10.00. The summed E-state index contributed by atoms with van der Waals surface area (Å²) in [5.41, 5.74) is 2.88. The molecule has 0 radical (unpaired) electrons. The van der Waals surface area contributed by atoms with E-state index in [4.69, 9.17) is 4.74 Å². The van der Waals surface area contributed by atoms with Crippen LogP contribution >= 0.6 is 11.3 Å². The molecule has 0 aliphatic carbocycles. The van der Waals surface area contributed by atoms with Crippen molar-refractivity contribution in [3.8, 4) is 0 Å². The van der Waals surface area contributed by atoms with Gasteiger partial charge in [0, 0.05) is 32.1 Å². The molecule has 1 amide bonds. The van der Waals surface area contributed by atoms with Crippen molar-refractivity contribution in [2.45, 2.75) is 12.6 Å². The van der Waals surface area contributed by atoms with Crippen LogP contribution in [0.4, 0.5) is 0 Å². The third kappa shape index (κ3) is 2.78. The fraction of sp³-hybridized carbons (Fsp3) is 0.600. The van der Waals surface area contributed by atoms with Crippen LogP contribution in [0.2, 0.25) is 0 Å². The lowest BCUT2D eigenvalue weighted by Gasteiger charge is -2.31. The summed E-state index contributed by atoms with van der Waals surface area (Å²) in [6.45, 7) is 2.88. The second-order valence-electron chi connectivity index (χ2n) is 3.69. The zero-order chi connectivity index (χ0) is 11.4. The maximum Gasteiger partial charge on any atom is 0.250 e. The van der Waals surface area contributed by atoms with Crippen LogP contribution < -0.4 is 5.32 Å². The van der Waals surface area contributed by atoms with E-state index in [1.165, 1.54) is 0 Å². The number of aromatic nitrogens is 1. The van der Waals surface area contributed by atoms with E-state index in [0.29, 0.717) is 13.2 Å². The number of thiazole rings is 1. The molecule has 1 aromatic rings. The molecule has 1 N–H and O–H groups in total. The van der Waals surface area contributed by atoms with Crippen molar-refractivity contribution in [2.24, 2.45) is 0 Å². The van der Waals surface area contributed by atoms with Gasteiger partial charge in [0.1, 0.15) is 6.10 Å². The van der Waals surface area contributed by atoms with E-state index in [-0.39, 0.29) is 12.0 Å². The minimum atomic E-state index is -0.350. The number of carbonyl (C=O) groups excluding carboxylic acids is 1. The van der Waals surface area contributed by atoms with Gasteiger partial charge in [0.05, 0.1) is 17.8 Å². The van der Waals surface area contributed by atoms with Crippen LogP contribution in [0.1, 0.15) is 5.69 Å². The van der Waals surface area contributed by atoms with Crippen LogP contribution in [0, 0.1) is 0 Å². The summed E-state index contributed by atoms with van der Waals surface area (Å²) in [7, 11) is 1.63. The first-order valence-electron chi connectivity index (χ1n) is 5.22. The number of hydrogen-bond donors (Lipinski definition) is 1. The molecule has 2 heterocycles. The van der Waals surface area contributed by atoms with Gasteiger partial charge in [-0.3, -0.25) is 9.69 Å². The molecule has 1 unspecified atom stereocenters. The molecule has 88 valence electrons. The molecule has 16 heavy (non-hydrogen) atoms. The first-order chi connectivity index (χ1) is 7.79. The number of morpholine rings is 1. The minimum absolute atomic E-state index is 0.0528. The third-order valence-corrected chi connectivity index (χ3v) is 3.19. The normalized spacial score (nSPS) is 21.9. The van der Waals surface area contributed by atoms with E-state index >= 15 is 0 Å². The summed E-state index contributed by atoms with van der Waals surface area (Å²) < 4.78 is 5.41. The number of ether oxygens (including phenoxy) is 1. The molecular weight excluding hydrogens is 226 g/mol. The molecule has 1 fully saturated rings.